The topological polar surface area (TPSA) is 28.2 Å². The third-order valence-electron chi connectivity index (χ3n) is 3.63. The van der Waals surface area contributed by atoms with E-state index in [0.29, 0.717) is 31.0 Å². The van der Waals surface area contributed by atoms with Gasteiger partial charge in [-0.25, -0.2) is 0 Å². The summed E-state index contributed by atoms with van der Waals surface area (Å²) in [4.78, 5) is 5.83. The van der Waals surface area contributed by atoms with Crippen LogP contribution in [0.1, 0.15) is 31.4 Å². The van der Waals surface area contributed by atoms with Crippen LogP contribution in [0.25, 0.3) is 0 Å². The van der Waals surface area contributed by atoms with Gasteiger partial charge in [0.2, 0.25) is 0 Å². The molecule has 0 radical (unpaired) electrons. The monoisotopic (exact) mass is 321 g/mol. The number of pyridine rings is 1. The maximum Gasteiger partial charge on any atom is 0.401 e. The zero-order valence-corrected chi connectivity index (χ0v) is 12.6. The third-order valence-corrected chi connectivity index (χ3v) is 3.93. The number of anilines is 1. The van der Waals surface area contributed by atoms with Crippen LogP contribution >= 0.6 is 11.6 Å². The minimum atomic E-state index is -4.13. The molecule has 0 atom stereocenters. The Bertz CT molecular complexity index is 471. The van der Waals surface area contributed by atoms with Gasteiger partial charge in [-0.2, -0.15) is 13.2 Å². The van der Waals surface area contributed by atoms with Crippen LogP contribution in [0.15, 0.2) is 12.3 Å². The molecule has 0 aliphatic carbocycles. The molecular weight excluding hydrogens is 303 g/mol. The molecule has 1 aromatic heterocycles. The van der Waals surface area contributed by atoms with E-state index >= 15 is 0 Å². The Hall–Kier alpha value is -1.01. The standard InChI is InChI=1S/C14H19ClF3N3/c1-2-19-11-7-12(15)13(20-8-11)10-3-5-21(6-4-10)9-14(16,17)18/h7-8,10,19H,2-6,9H2,1H3. The van der Waals surface area contributed by atoms with Crippen molar-refractivity contribution in [2.24, 2.45) is 0 Å². The second-order valence-corrected chi connectivity index (χ2v) is 5.69. The van der Waals surface area contributed by atoms with Crippen molar-refractivity contribution in [3.63, 3.8) is 0 Å². The second-order valence-electron chi connectivity index (χ2n) is 5.29. The molecule has 118 valence electrons. The van der Waals surface area contributed by atoms with Gasteiger partial charge in [-0.3, -0.25) is 9.88 Å². The Balaban J connectivity index is 1.96. The lowest BCUT2D eigenvalue weighted by atomic mass is 9.93. The van der Waals surface area contributed by atoms with Crippen molar-refractivity contribution >= 4 is 17.3 Å². The molecule has 2 rings (SSSR count). The van der Waals surface area contributed by atoms with Crippen molar-refractivity contribution in [3.8, 4) is 0 Å². The largest absolute Gasteiger partial charge is 0.401 e. The summed E-state index contributed by atoms with van der Waals surface area (Å²) in [5.41, 5.74) is 1.66. The number of piperidine rings is 1. The molecule has 0 amide bonds. The molecule has 7 heteroatoms. The van der Waals surface area contributed by atoms with Gasteiger partial charge in [0.05, 0.1) is 29.1 Å². The zero-order chi connectivity index (χ0) is 15.5. The van der Waals surface area contributed by atoms with Gasteiger partial charge in [0.25, 0.3) is 0 Å². The first kappa shape index (κ1) is 16.4. The fourth-order valence-corrected chi connectivity index (χ4v) is 2.99. The summed E-state index contributed by atoms with van der Waals surface area (Å²) in [5.74, 6) is 0.137. The lowest BCUT2D eigenvalue weighted by molar-refractivity contribution is -0.147. The number of aromatic nitrogens is 1. The predicted molar refractivity (Wildman–Crippen MR) is 77.9 cm³/mol. The highest BCUT2D eigenvalue weighted by molar-refractivity contribution is 6.31. The maximum atomic E-state index is 12.4. The number of halogens is 4. The van der Waals surface area contributed by atoms with Crippen LogP contribution in [0.3, 0.4) is 0 Å². The first-order chi connectivity index (χ1) is 9.89. The molecule has 21 heavy (non-hydrogen) atoms. The highest BCUT2D eigenvalue weighted by Crippen LogP contribution is 2.33. The predicted octanol–water partition coefficient (Wildman–Crippen LogP) is 3.91. The zero-order valence-electron chi connectivity index (χ0n) is 11.9. The Kier molecular flexibility index (Phi) is 5.32. The van der Waals surface area contributed by atoms with Gasteiger partial charge in [-0.1, -0.05) is 11.6 Å². The Morgan fingerprint density at radius 2 is 2.05 bits per heavy atom. The Labute approximate surface area is 127 Å². The van der Waals surface area contributed by atoms with Crippen molar-refractivity contribution in [1.29, 1.82) is 0 Å². The summed E-state index contributed by atoms with van der Waals surface area (Å²) in [5, 5.41) is 3.72. The van der Waals surface area contributed by atoms with Crippen LogP contribution < -0.4 is 5.32 Å². The summed E-state index contributed by atoms with van der Waals surface area (Å²) in [6.45, 7) is 2.79. The fourth-order valence-electron chi connectivity index (χ4n) is 2.67. The normalized spacial score (nSPS) is 18.0. The van der Waals surface area contributed by atoms with Gasteiger partial charge >= 0.3 is 6.18 Å². The number of nitrogens with zero attached hydrogens (tertiary/aromatic N) is 2. The van der Waals surface area contributed by atoms with Crippen LogP contribution in [0, 0.1) is 0 Å². The van der Waals surface area contributed by atoms with E-state index in [0.717, 1.165) is 17.9 Å². The van der Waals surface area contributed by atoms with Crippen molar-refractivity contribution in [2.75, 3.05) is 31.5 Å². The van der Waals surface area contributed by atoms with E-state index in [9.17, 15) is 13.2 Å². The highest BCUT2D eigenvalue weighted by Gasteiger charge is 2.33. The molecule has 1 saturated heterocycles. The van der Waals surface area contributed by atoms with Crippen molar-refractivity contribution in [1.82, 2.24) is 9.88 Å². The summed E-state index contributed by atoms with van der Waals surface area (Å²) in [6, 6.07) is 1.83. The van der Waals surface area contributed by atoms with E-state index in [1.165, 1.54) is 4.90 Å². The maximum absolute atomic E-state index is 12.4. The van der Waals surface area contributed by atoms with Gasteiger partial charge < -0.3 is 5.32 Å². The molecule has 0 bridgehead atoms. The van der Waals surface area contributed by atoms with E-state index in [-0.39, 0.29) is 5.92 Å². The summed E-state index contributed by atoms with van der Waals surface area (Å²) < 4.78 is 37.1. The van der Waals surface area contributed by atoms with E-state index in [2.05, 4.69) is 10.3 Å². The first-order valence-electron chi connectivity index (χ1n) is 7.07. The summed E-state index contributed by atoms with van der Waals surface area (Å²) in [6.07, 6.45) is -1.09. The molecule has 0 aromatic carbocycles. The quantitative estimate of drug-likeness (QED) is 0.911. The summed E-state index contributed by atoms with van der Waals surface area (Å²) >= 11 is 6.25. The number of nitrogens with one attached hydrogen (secondary N) is 1. The van der Waals surface area contributed by atoms with E-state index in [1.807, 2.05) is 13.0 Å². The molecule has 2 heterocycles. The molecule has 1 fully saturated rings. The van der Waals surface area contributed by atoms with Gasteiger partial charge in [-0.15, -0.1) is 0 Å². The number of hydrogen-bond donors (Lipinski definition) is 1. The van der Waals surface area contributed by atoms with Gasteiger partial charge in [0, 0.05) is 12.5 Å². The number of hydrogen-bond acceptors (Lipinski definition) is 3. The van der Waals surface area contributed by atoms with E-state index in [1.54, 1.807) is 6.20 Å². The molecule has 1 N–H and O–H groups in total. The van der Waals surface area contributed by atoms with Crippen LogP contribution in [0.5, 0.6) is 0 Å². The lowest BCUT2D eigenvalue weighted by Crippen LogP contribution is -2.39. The molecule has 0 saturated carbocycles. The lowest BCUT2D eigenvalue weighted by Gasteiger charge is -2.32. The smallest absolute Gasteiger partial charge is 0.384 e. The SMILES string of the molecule is CCNc1cnc(C2CCN(CC(F)(F)F)CC2)c(Cl)c1. The Morgan fingerprint density at radius 1 is 1.38 bits per heavy atom. The van der Waals surface area contributed by atoms with Crippen molar-refractivity contribution < 1.29 is 13.2 Å². The van der Waals surface area contributed by atoms with Gasteiger partial charge in [0.15, 0.2) is 0 Å². The Morgan fingerprint density at radius 3 is 2.57 bits per heavy atom. The molecule has 1 aromatic rings. The van der Waals surface area contributed by atoms with E-state index in [4.69, 9.17) is 11.6 Å². The van der Waals surface area contributed by atoms with Crippen molar-refractivity contribution in [2.45, 2.75) is 31.9 Å². The molecule has 0 unspecified atom stereocenters. The minimum Gasteiger partial charge on any atom is -0.384 e. The van der Waals surface area contributed by atoms with Gasteiger partial charge in [-0.05, 0) is 38.9 Å². The molecule has 1 aliphatic rings. The molecule has 0 spiro atoms. The highest BCUT2D eigenvalue weighted by atomic mass is 35.5. The molecule has 1 aliphatic heterocycles. The van der Waals surface area contributed by atoms with Crippen LogP contribution in [-0.4, -0.2) is 42.2 Å². The van der Waals surface area contributed by atoms with E-state index < -0.39 is 12.7 Å². The van der Waals surface area contributed by atoms with Gasteiger partial charge in [0.1, 0.15) is 0 Å². The van der Waals surface area contributed by atoms with Crippen LogP contribution in [0.4, 0.5) is 18.9 Å². The summed E-state index contributed by atoms with van der Waals surface area (Å²) in [7, 11) is 0. The fraction of sp³-hybridized carbons (Fsp3) is 0.643. The minimum absolute atomic E-state index is 0.137. The molecule has 3 nitrogen and oxygen atoms in total. The van der Waals surface area contributed by atoms with Crippen molar-refractivity contribution in [3.05, 3.63) is 23.0 Å². The second kappa shape index (κ2) is 6.83. The number of rotatable bonds is 4. The van der Waals surface area contributed by atoms with Crippen LogP contribution in [-0.2, 0) is 0 Å². The third kappa shape index (κ3) is 4.74. The number of alkyl halides is 3. The van der Waals surface area contributed by atoms with Crippen LogP contribution in [0.2, 0.25) is 5.02 Å². The number of likely N-dealkylation sites (tertiary alicyclic amines) is 1. The average Bonchev–Trinajstić information content (AvgIpc) is 2.39. The first-order valence-corrected chi connectivity index (χ1v) is 7.45. The molecular formula is C14H19ClF3N3. The average molecular weight is 322 g/mol.